The summed E-state index contributed by atoms with van der Waals surface area (Å²) in [6.07, 6.45) is 0. The Labute approximate surface area is 153 Å². The Kier molecular flexibility index (Phi) is 7.01. The van der Waals surface area contributed by atoms with Crippen LogP contribution in [0, 0.1) is 11.3 Å². The molecule has 2 rings (SSSR count). The van der Waals surface area contributed by atoms with Gasteiger partial charge in [0.1, 0.15) is 11.5 Å². The topological polar surface area (TPSA) is 74.6 Å². The van der Waals surface area contributed by atoms with Crippen LogP contribution in [0.3, 0.4) is 0 Å². The lowest BCUT2D eigenvalue weighted by Crippen LogP contribution is -2.37. The zero-order valence-electron chi connectivity index (χ0n) is 15.2. The molecule has 0 radical (unpaired) electrons. The number of ether oxygens (including phenoxy) is 2. The highest BCUT2D eigenvalue weighted by atomic mass is 16.5. The van der Waals surface area contributed by atoms with Gasteiger partial charge in [-0.15, -0.1) is 0 Å². The van der Waals surface area contributed by atoms with Crippen LogP contribution in [0.2, 0.25) is 0 Å². The molecule has 0 aliphatic rings. The predicted octanol–water partition coefficient (Wildman–Crippen LogP) is 2.36. The van der Waals surface area contributed by atoms with E-state index in [4.69, 9.17) is 14.7 Å². The number of carbonyl (C=O) groups is 1. The van der Waals surface area contributed by atoms with E-state index < -0.39 is 0 Å². The minimum Gasteiger partial charge on any atom is -0.496 e. The first kappa shape index (κ1) is 19.3. The molecule has 0 fully saturated rings. The first-order valence-electron chi connectivity index (χ1n) is 8.24. The average molecular weight is 353 g/mol. The summed E-state index contributed by atoms with van der Waals surface area (Å²) in [6.45, 7) is 0.348. The summed E-state index contributed by atoms with van der Waals surface area (Å²) in [6, 6.07) is 16.4. The van der Waals surface area contributed by atoms with Gasteiger partial charge in [-0.05, 0) is 44.4 Å². The minimum atomic E-state index is -0.212. The molecule has 1 N–H and O–H groups in total. The van der Waals surface area contributed by atoms with Crippen molar-refractivity contribution in [2.24, 2.45) is 0 Å². The fraction of sp³-hybridized carbons (Fsp3) is 0.300. The summed E-state index contributed by atoms with van der Waals surface area (Å²) in [4.78, 5) is 14.1. The molecule has 0 aliphatic heterocycles. The Hall–Kier alpha value is -3.04. The Balaban J connectivity index is 1.92. The van der Waals surface area contributed by atoms with Gasteiger partial charge in [0.2, 0.25) is 0 Å². The number of methoxy groups -OCH3 is 1. The normalized spacial score (nSPS) is 11.5. The van der Waals surface area contributed by atoms with Gasteiger partial charge in [-0.3, -0.25) is 4.79 Å². The molecular formula is C20H23N3O3. The molecule has 0 bridgehead atoms. The third-order valence-corrected chi connectivity index (χ3v) is 3.97. The van der Waals surface area contributed by atoms with E-state index in [1.54, 1.807) is 31.4 Å². The number of para-hydroxylation sites is 1. The molecule has 0 heterocycles. The van der Waals surface area contributed by atoms with Crippen molar-refractivity contribution >= 4 is 5.91 Å². The highest BCUT2D eigenvalue weighted by Crippen LogP contribution is 2.27. The van der Waals surface area contributed by atoms with E-state index >= 15 is 0 Å². The highest BCUT2D eigenvalue weighted by molar-refractivity contribution is 5.77. The molecule has 1 unspecified atom stereocenters. The molecule has 0 aliphatic carbocycles. The van der Waals surface area contributed by atoms with Crippen LogP contribution in [-0.2, 0) is 4.79 Å². The first-order chi connectivity index (χ1) is 12.5. The van der Waals surface area contributed by atoms with Crippen molar-refractivity contribution in [3.05, 3.63) is 59.7 Å². The minimum absolute atomic E-state index is 0.0231. The van der Waals surface area contributed by atoms with E-state index in [9.17, 15) is 4.79 Å². The van der Waals surface area contributed by atoms with E-state index in [0.717, 1.165) is 11.3 Å². The molecule has 0 aromatic heterocycles. The quantitative estimate of drug-likeness (QED) is 0.789. The largest absolute Gasteiger partial charge is 0.496 e. The van der Waals surface area contributed by atoms with Crippen molar-refractivity contribution in [3.8, 4) is 17.6 Å². The van der Waals surface area contributed by atoms with Gasteiger partial charge in [0.05, 0.1) is 24.8 Å². The number of nitriles is 1. The van der Waals surface area contributed by atoms with Crippen molar-refractivity contribution in [1.29, 1.82) is 5.26 Å². The number of benzene rings is 2. The van der Waals surface area contributed by atoms with Gasteiger partial charge < -0.3 is 19.7 Å². The van der Waals surface area contributed by atoms with E-state index in [1.807, 2.05) is 49.3 Å². The number of amides is 1. The Morgan fingerprint density at radius 2 is 1.88 bits per heavy atom. The zero-order valence-corrected chi connectivity index (χ0v) is 15.2. The van der Waals surface area contributed by atoms with E-state index in [2.05, 4.69) is 5.32 Å². The molecular weight excluding hydrogens is 330 g/mol. The smallest absolute Gasteiger partial charge is 0.258 e. The summed E-state index contributed by atoms with van der Waals surface area (Å²) in [7, 11) is 5.54. The molecule has 6 heteroatoms. The monoisotopic (exact) mass is 353 g/mol. The summed E-state index contributed by atoms with van der Waals surface area (Å²) in [5.74, 6) is 1.12. The van der Waals surface area contributed by atoms with Crippen LogP contribution in [0.1, 0.15) is 17.2 Å². The summed E-state index contributed by atoms with van der Waals surface area (Å²) >= 11 is 0. The second-order valence-electron chi connectivity index (χ2n) is 5.95. The molecule has 0 saturated heterocycles. The maximum absolute atomic E-state index is 12.1. The Bertz CT molecular complexity index is 767. The van der Waals surface area contributed by atoms with E-state index in [1.165, 1.54) is 0 Å². The number of carbonyl (C=O) groups excluding carboxylic acids is 1. The molecule has 1 amide bonds. The van der Waals surface area contributed by atoms with E-state index in [0.29, 0.717) is 17.9 Å². The maximum Gasteiger partial charge on any atom is 0.258 e. The maximum atomic E-state index is 12.1. The Morgan fingerprint density at radius 1 is 1.19 bits per heavy atom. The van der Waals surface area contributed by atoms with Gasteiger partial charge in [-0.1, -0.05) is 18.2 Å². The van der Waals surface area contributed by atoms with Crippen LogP contribution >= 0.6 is 0 Å². The van der Waals surface area contributed by atoms with Crippen LogP contribution in [0.5, 0.6) is 11.5 Å². The lowest BCUT2D eigenvalue weighted by Gasteiger charge is -2.26. The molecule has 1 atom stereocenters. The van der Waals surface area contributed by atoms with Crippen LogP contribution < -0.4 is 14.8 Å². The van der Waals surface area contributed by atoms with Crippen molar-refractivity contribution in [3.63, 3.8) is 0 Å². The molecule has 0 saturated carbocycles. The second kappa shape index (κ2) is 9.44. The van der Waals surface area contributed by atoms with Crippen molar-refractivity contribution in [2.75, 3.05) is 34.4 Å². The molecule has 136 valence electrons. The fourth-order valence-corrected chi connectivity index (χ4v) is 2.55. The second-order valence-corrected chi connectivity index (χ2v) is 5.95. The SMILES string of the molecule is COc1ccccc1C(CNC(=O)COc1ccc(C#N)cc1)N(C)C. The van der Waals surface area contributed by atoms with E-state index in [-0.39, 0.29) is 18.6 Å². The highest BCUT2D eigenvalue weighted by Gasteiger charge is 2.19. The van der Waals surface area contributed by atoms with Gasteiger partial charge >= 0.3 is 0 Å². The van der Waals surface area contributed by atoms with Crippen LogP contribution in [0.15, 0.2) is 48.5 Å². The van der Waals surface area contributed by atoms with Crippen molar-refractivity contribution in [2.45, 2.75) is 6.04 Å². The van der Waals surface area contributed by atoms with Gasteiger partial charge in [0.25, 0.3) is 5.91 Å². The number of nitrogens with one attached hydrogen (secondary N) is 1. The standard InChI is InChI=1S/C20H23N3O3/c1-23(2)18(17-6-4-5-7-19(17)25-3)13-22-20(24)14-26-16-10-8-15(12-21)9-11-16/h4-11,18H,13-14H2,1-3H3,(H,22,24). The molecule has 6 nitrogen and oxygen atoms in total. The van der Waals surface area contributed by atoms with Crippen LogP contribution in [-0.4, -0.2) is 45.2 Å². The lowest BCUT2D eigenvalue weighted by atomic mass is 10.0. The average Bonchev–Trinajstić information content (AvgIpc) is 2.67. The fourth-order valence-electron chi connectivity index (χ4n) is 2.55. The molecule has 2 aromatic carbocycles. The number of likely N-dealkylation sites (N-methyl/N-ethyl adjacent to an activating group) is 1. The van der Waals surface area contributed by atoms with Crippen molar-refractivity contribution < 1.29 is 14.3 Å². The molecule has 2 aromatic rings. The third kappa shape index (κ3) is 5.23. The van der Waals surface area contributed by atoms with Gasteiger partial charge in [-0.25, -0.2) is 0 Å². The number of hydrogen-bond acceptors (Lipinski definition) is 5. The summed E-state index contributed by atoms with van der Waals surface area (Å²) in [5, 5.41) is 11.7. The first-order valence-corrected chi connectivity index (χ1v) is 8.24. The third-order valence-electron chi connectivity index (χ3n) is 3.97. The lowest BCUT2D eigenvalue weighted by molar-refractivity contribution is -0.123. The summed E-state index contributed by atoms with van der Waals surface area (Å²) < 4.78 is 10.9. The van der Waals surface area contributed by atoms with Gasteiger partial charge in [0, 0.05) is 12.1 Å². The number of rotatable bonds is 8. The Morgan fingerprint density at radius 3 is 2.50 bits per heavy atom. The predicted molar refractivity (Wildman–Crippen MR) is 99.1 cm³/mol. The molecule has 0 spiro atoms. The zero-order chi connectivity index (χ0) is 18.9. The number of hydrogen-bond donors (Lipinski definition) is 1. The van der Waals surface area contributed by atoms with Gasteiger partial charge in [0.15, 0.2) is 6.61 Å². The van der Waals surface area contributed by atoms with Crippen LogP contribution in [0.25, 0.3) is 0 Å². The summed E-state index contributed by atoms with van der Waals surface area (Å²) in [5.41, 5.74) is 1.56. The van der Waals surface area contributed by atoms with Crippen LogP contribution in [0.4, 0.5) is 0 Å². The number of nitrogens with zero attached hydrogens (tertiary/aromatic N) is 2. The van der Waals surface area contributed by atoms with Crippen molar-refractivity contribution in [1.82, 2.24) is 10.2 Å². The molecule has 26 heavy (non-hydrogen) atoms. The van der Waals surface area contributed by atoms with Gasteiger partial charge in [-0.2, -0.15) is 5.26 Å².